The van der Waals surface area contributed by atoms with E-state index in [0.717, 1.165) is 12.8 Å². The molecule has 0 N–H and O–H groups in total. The molecule has 0 heterocycles. The molecule has 6 aromatic carbocycles. The highest BCUT2D eigenvalue weighted by atomic mass is 14.4. The highest BCUT2D eigenvalue weighted by Gasteiger charge is 2.36. The first-order valence-corrected chi connectivity index (χ1v) is 16.1. The van der Waals surface area contributed by atoms with Crippen LogP contribution in [0, 0.1) is 0 Å². The molecule has 0 amide bonds. The van der Waals surface area contributed by atoms with E-state index in [2.05, 4.69) is 152 Å². The number of allylic oxidation sites excluding steroid dienone is 1. The predicted octanol–water partition coefficient (Wildman–Crippen LogP) is 12.2. The van der Waals surface area contributed by atoms with Gasteiger partial charge in [0.1, 0.15) is 0 Å². The Kier molecular flexibility index (Phi) is 7.05. The minimum atomic E-state index is 0.285. The van der Waals surface area contributed by atoms with Crippen molar-refractivity contribution in [1.82, 2.24) is 0 Å². The largest absolute Gasteiger partial charge is 0.0760 e. The summed E-state index contributed by atoms with van der Waals surface area (Å²) in [6.07, 6.45) is 8.54. The number of rotatable bonds is 4. The first kappa shape index (κ1) is 26.7. The van der Waals surface area contributed by atoms with E-state index in [4.69, 9.17) is 0 Å². The van der Waals surface area contributed by atoms with Crippen LogP contribution in [0.3, 0.4) is 0 Å². The summed E-state index contributed by atoms with van der Waals surface area (Å²) in [4.78, 5) is 0. The van der Waals surface area contributed by atoms with Crippen molar-refractivity contribution < 1.29 is 0 Å². The van der Waals surface area contributed by atoms with Crippen molar-refractivity contribution in [2.45, 2.75) is 38.0 Å². The van der Waals surface area contributed by atoms with Gasteiger partial charge >= 0.3 is 0 Å². The van der Waals surface area contributed by atoms with E-state index in [1.807, 2.05) is 0 Å². The van der Waals surface area contributed by atoms with E-state index in [9.17, 15) is 0 Å². The maximum absolute atomic E-state index is 2.58. The third-order valence-corrected chi connectivity index (χ3v) is 9.61. The Balaban J connectivity index is 1.54. The first-order valence-electron chi connectivity index (χ1n) is 16.1. The van der Waals surface area contributed by atoms with Gasteiger partial charge in [0.15, 0.2) is 0 Å². The fraction of sp³-hybridized carbons (Fsp3) is 0.136. The molecule has 2 aliphatic rings. The van der Waals surface area contributed by atoms with Gasteiger partial charge in [0, 0.05) is 5.92 Å². The molecule has 0 aliphatic heterocycles. The fourth-order valence-corrected chi connectivity index (χ4v) is 7.68. The molecule has 44 heavy (non-hydrogen) atoms. The molecule has 0 nitrogen and oxygen atoms in total. The molecule has 6 aromatic rings. The Labute approximate surface area is 261 Å². The quantitative estimate of drug-likeness (QED) is 0.200. The van der Waals surface area contributed by atoms with Crippen LogP contribution >= 0.6 is 0 Å². The normalized spacial score (nSPS) is 15.6. The van der Waals surface area contributed by atoms with Gasteiger partial charge in [0.25, 0.3) is 0 Å². The number of hydrogen-bond donors (Lipinski definition) is 0. The van der Waals surface area contributed by atoms with Gasteiger partial charge in [0.05, 0.1) is 0 Å². The van der Waals surface area contributed by atoms with Gasteiger partial charge in [0.2, 0.25) is 0 Å². The highest BCUT2D eigenvalue weighted by Crippen LogP contribution is 2.56. The van der Waals surface area contributed by atoms with Crippen molar-refractivity contribution in [3.05, 3.63) is 174 Å². The Morgan fingerprint density at radius 3 is 1.18 bits per heavy atom. The van der Waals surface area contributed by atoms with Crippen LogP contribution in [0.15, 0.2) is 152 Å². The Morgan fingerprint density at radius 2 is 0.750 bits per heavy atom. The minimum absolute atomic E-state index is 0.285. The van der Waals surface area contributed by atoms with Gasteiger partial charge in [-0.15, -0.1) is 0 Å². The molecule has 0 aromatic heterocycles. The number of benzene rings is 6. The summed E-state index contributed by atoms with van der Waals surface area (Å²) in [6, 6.07) is 53.8. The van der Waals surface area contributed by atoms with Gasteiger partial charge in [-0.05, 0) is 91.6 Å². The van der Waals surface area contributed by atoms with E-state index in [1.54, 1.807) is 0 Å². The Bertz CT molecular complexity index is 1810. The van der Waals surface area contributed by atoms with E-state index in [1.165, 1.54) is 91.6 Å². The molecule has 2 bridgehead atoms. The Morgan fingerprint density at radius 1 is 0.364 bits per heavy atom. The van der Waals surface area contributed by atoms with Gasteiger partial charge in [-0.25, -0.2) is 0 Å². The molecule has 0 saturated heterocycles. The third kappa shape index (κ3) is 4.63. The zero-order valence-corrected chi connectivity index (χ0v) is 25.0. The highest BCUT2D eigenvalue weighted by molar-refractivity contribution is 6.03. The van der Waals surface area contributed by atoms with Crippen LogP contribution in [0.5, 0.6) is 0 Å². The van der Waals surface area contributed by atoms with Gasteiger partial charge in [-0.2, -0.15) is 0 Å². The summed E-state index contributed by atoms with van der Waals surface area (Å²) >= 11 is 0. The molecule has 212 valence electrons. The minimum Gasteiger partial charge on any atom is -0.0760 e. The topological polar surface area (TPSA) is 0 Å². The summed E-state index contributed by atoms with van der Waals surface area (Å²) in [5, 5.41) is 0. The smallest absolute Gasteiger partial charge is 0.0114 e. The molecule has 0 unspecified atom stereocenters. The molecular weight excluding hydrogens is 528 g/mol. The fourth-order valence-electron chi connectivity index (χ4n) is 7.68. The monoisotopic (exact) mass is 564 g/mol. The average Bonchev–Trinajstić information content (AvgIpc) is 3.11. The molecule has 0 fully saturated rings. The number of fused-ring (bicyclic) bond motifs is 3. The maximum Gasteiger partial charge on any atom is 0.0114 e. The van der Waals surface area contributed by atoms with Crippen LogP contribution in [0.4, 0.5) is 0 Å². The van der Waals surface area contributed by atoms with Gasteiger partial charge in [-0.3, -0.25) is 0 Å². The summed E-state index contributed by atoms with van der Waals surface area (Å²) in [5.74, 6) is 0.285. The first-order chi connectivity index (χ1) is 21.9. The van der Waals surface area contributed by atoms with Gasteiger partial charge < -0.3 is 0 Å². The Hall–Kier alpha value is -4.94. The zero-order valence-electron chi connectivity index (χ0n) is 25.0. The molecule has 2 aliphatic carbocycles. The lowest BCUT2D eigenvalue weighted by Crippen LogP contribution is -2.19. The van der Waals surface area contributed by atoms with Crippen molar-refractivity contribution in [1.29, 1.82) is 0 Å². The van der Waals surface area contributed by atoms with Crippen LogP contribution in [0.25, 0.3) is 50.1 Å². The lowest BCUT2D eigenvalue weighted by Gasteiger charge is -2.38. The SMILES string of the molecule is C1=C2c3c(-c4ccccc4)ccc(-c4ccccc4)c3C(CCCCC1)c1c(-c3ccccc3)ccc(-c3ccccc3)c12. The molecule has 0 heteroatoms. The molecular formula is C44H36. The summed E-state index contributed by atoms with van der Waals surface area (Å²) in [5.41, 5.74) is 17.9. The predicted molar refractivity (Wildman–Crippen MR) is 187 cm³/mol. The second kappa shape index (κ2) is 11.6. The molecule has 0 spiro atoms. The third-order valence-electron chi connectivity index (χ3n) is 9.61. The van der Waals surface area contributed by atoms with Crippen LogP contribution in [-0.2, 0) is 0 Å². The van der Waals surface area contributed by atoms with Crippen molar-refractivity contribution in [2.75, 3.05) is 0 Å². The number of hydrogen-bond acceptors (Lipinski definition) is 0. The van der Waals surface area contributed by atoms with Crippen molar-refractivity contribution in [3.63, 3.8) is 0 Å². The van der Waals surface area contributed by atoms with Crippen molar-refractivity contribution in [2.24, 2.45) is 0 Å². The maximum atomic E-state index is 2.58. The van der Waals surface area contributed by atoms with Crippen molar-refractivity contribution >= 4 is 5.57 Å². The van der Waals surface area contributed by atoms with Crippen LogP contribution < -0.4 is 0 Å². The zero-order chi connectivity index (χ0) is 29.3. The molecule has 0 saturated carbocycles. The van der Waals surface area contributed by atoms with Crippen LogP contribution in [-0.4, -0.2) is 0 Å². The second-order valence-electron chi connectivity index (χ2n) is 12.2. The van der Waals surface area contributed by atoms with Crippen molar-refractivity contribution in [3.8, 4) is 44.5 Å². The summed E-state index contributed by atoms with van der Waals surface area (Å²) in [6.45, 7) is 0. The van der Waals surface area contributed by atoms with Crippen LogP contribution in [0.2, 0.25) is 0 Å². The van der Waals surface area contributed by atoms with Gasteiger partial charge in [-0.1, -0.05) is 165 Å². The van der Waals surface area contributed by atoms with E-state index in [-0.39, 0.29) is 5.92 Å². The lowest BCUT2D eigenvalue weighted by molar-refractivity contribution is 0.599. The molecule has 0 atom stereocenters. The molecule has 0 radical (unpaired) electrons. The lowest BCUT2D eigenvalue weighted by atomic mass is 9.65. The summed E-state index contributed by atoms with van der Waals surface area (Å²) < 4.78 is 0. The van der Waals surface area contributed by atoms with E-state index >= 15 is 0 Å². The standard InChI is InChI=1S/C44H36/c1-2-16-26-40-43-37(33-21-11-5-12-22-33)29-27-35(31-17-7-3-8-18-31)41(43)39(25-15-1)42-36(32-19-9-4-10-20-32)28-30-38(44(40)42)34-23-13-6-14-24-34/h3-14,17-25,27-30,40H,1-2,15-16,26H2. The molecule has 8 rings (SSSR count). The summed E-state index contributed by atoms with van der Waals surface area (Å²) in [7, 11) is 0. The van der Waals surface area contributed by atoms with E-state index < -0.39 is 0 Å². The average molecular weight is 565 g/mol. The second-order valence-corrected chi connectivity index (χ2v) is 12.2. The van der Waals surface area contributed by atoms with E-state index in [0.29, 0.717) is 0 Å². The van der Waals surface area contributed by atoms with Crippen LogP contribution in [0.1, 0.15) is 60.3 Å².